The molecule has 0 aliphatic heterocycles. The maximum Gasteiger partial charge on any atom is 0.256 e. The molecule has 1 rings (SSSR count). The molecule has 1 heterocycles. The van der Waals surface area contributed by atoms with E-state index in [0.29, 0.717) is 26.7 Å². The highest BCUT2D eigenvalue weighted by Crippen LogP contribution is 2.32. The fourth-order valence-corrected chi connectivity index (χ4v) is 3.54. The van der Waals surface area contributed by atoms with Crippen LogP contribution in [0.25, 0.3) is 0 Å². The summed E-state index contributed by atoms with van der Waals surface area (Å²) in [5.74, 6) is 0.329. The Kier molecular flexibility index (Phi) is 6.78. The lowest BCUT2D eigenvalue weighted by atomic mass is 10.1. The Morgan fingerprint density at radius 2 is 2.00 bits per heavy atom. The van der Waals surface area contributed by atoms with Crippen molar-refractivity contribution in [1.29, 1.82) is 0 Å². The number of hydrogen-bond acceptors (Lipinski definition) is 2. The van der Waals surface area contributed by atoms with E-state index in [1.807, 2.05) is 0 Å². The lowest BCUT2D eigenvalue weighted by molar-refractivity contribution is 0.0682. The van der Waals surface area contributed by atoms with Gasteiger partial charge in [0.15, 0.2) is 0 Å². The molecular formula is C12H16Cl3NOS. The van der Waals surface area contributed by atoms with Gasteiger partial charge in [0.1, 0.15) is 4.34 Å². The van der Waals surface area contributed by atoms with E-state index in [2.05, 4.69) is 13.8 Å². The molecule has 1 aromatic rings. The van der Waals surface area contributed by atoms with Gasteiger partial charge >= 0.3 is 0 Å². The molecular weight excluding hydrogens is 313 g/mol. The maximum absolute atomic E-state index is 12.5. The van der Waals surface area contributed by atoms with Gasteiger partial charge in [-0.1, -0.05) is 37.0 Å². The highest BCUT2D eigenvalue weighted by Gasteiger charge is 2.25. The molecule has 0 unspecified atom stereocenters. The number of halogens is 3. The Balaban J connectivity index is 2.98. The van der Waals surface area contributed by atoms with Gasteiger partial charge in [0.2, 0.25) is 0 Å². The molecule has 0 aromatic carbocycles. The summed E-state index contributed by atoms with van der Waals surface area (Å²) < 4.78 is 0.967. The van der Waals surface area contributed by atoms with Gasteiger partial charge in [-0.05, 0) is 18.9 Å². The van der Waals surface area contributed by atoms with Gasteiger partial charge in [-0.25, -0.2) is 0 Å². The predicted molar refractivity (Wildman–Crippen MR) is 80.5 cm³/mol. The first-order valence-corrected chi connectivity index (χ1v) is 7.97. The summed E-state index contributed by atoms with van der Waals surface area (Å²) in [5, 5.41) is 0. The summed E-state index contributed by atoms with van der Waals surface area (Å²) in [6.07, 6.45) is 1.79. The number of alkyl halides is 1. The number of rotatable bonds is 6. The van der Waals surface area contributed by atoms with Crippen LogP contribution in [0.5, 0.6) is 0 Å². The van der Waals surface area contributed by atoms with Crippen molar-refractivity contribution >= 4 is 52.0 Å². The van der Waals surface area contributed by atoms with E-state index in [1.54, 1.807) is 11.0 Å². The molecule has 0 bridgehead atoms. The van der Waals surface area contributed by atoms with Gasteiger partial charge in [0.05, 0.1) is 9.90 Å². The minimum Gasteiger partial charge on any atom is -0.334 e. The first-order chi connectivity index (χ1) is 8.54. The molecule has 0 aliphatic carbocycles. The number of thiophene rings is 1. The van der Waals surface area contributed by atoms with Crippen LogP contribution in [0.2, 0.25) is 8.67 Å². The molecule has 1 aromatic heterocycles. The summed E-state index contributed by atoms with van der Waals surface area (Å²) >= 11 is 18.9. The second kappa shape index (κ2) is 7.59. The van der Waals surface area contributed by atoms with Crippen molar-refractivity contribution in [3.05, 3.63) is 20.3 Å². The highest BCUT2D eigenvalue weighted by molar-refractivity contribution is 7.20. The van der Waals surface area contributed by atoms with E-state index < -0.39 is 0 Å². The van der Waals surface area contributed by atoms with Crippen LogP contribution < -0.4 is 0 Å². The largest absolute Gasteiger partial charge is 0.334 e. The van der Waals surface area contributed by atoms with Crippen LogP contribution in [-0.2, 0) is 0 Å². The Labute approximate surface area is 127 Å². The zero-order chi connectivity index (χ0) is 13.7. The second-order valence-electron chi connectivity index (χ2n) is 3.90. The molecule has 6 heteroatoms. The number of nitrogens with zero attached hydrogens (tertiary/aromatic N) is 1. The Morgan fingerprint density at radius 1 is 1.39 bits per heavy atom. The third kappa shape index (κ3) is 3.77. The first kappa shape index (κ1) is 16.1. The third-order valence-electron chi connectivity index (χ3n) is 2.86. The van der Waals surface area contributed by atoms with Gasteiger partial charge in [-0.3, -0.25) is 4.79 Å². The Bertz CT molecular complexity index is 404. The van der Waals surface area contributed by atoms with Gasteiger partial charge in [0.25, 0.3) is 5.91 Å². The van der Waals surface area contributed by atoms with E-state index >= 15 is 0 Å². The molecule has 0 spiro atoms. The van der Waals surface area contributed by atoms with Crippen molar-refractivity contribution in [2.75, 3.05) is 12.4 Å². The zero-order valence-corrected chi connectivity index (χ0v) is 13.5. The first-order valence-electron chi connectivity index (χ1n) is 5.86. The molecule has 2 nitrogen and oxygen atoms in total. The van der Waals surface area contributed by atoms with Crippen LogP contribution >= 0.6 is 46.1 Å². The highest BCUT2D eigenvalue weighted by atomic mass is 35.5. The van der Waals surface area contributed by atoms with E-state index in [9.17, 15) is 4.79 Å². The fraction of sp³-hybridized carbons (Fsp3) is 0.583. The molecule has 102 valence electrons. The van der Waals surface area contributed by atoms with Crippen LogP contribution in [0.3, 0.4) is 0 Å². The molecule has 0 fully saturated rings. The van der Waals surface area contributed by atoms with Crippen LogP contribution in [-0.4, -0.2) is 29.3 Å². The maximum atomic E-state index is 12.5. The molecule has 0 N–H and O–H groups in total. The number of hydrogen-bond donors (Lipinski definition) is 0. The smallest absolute Gasteiger partial charge is 0.256 e. The van der Waals surface area contributed by atoms with Crippen molar-refractivity contribution in [2.24, 2.45) is 0 Å². The van der Waals surface area contributed by atoms with Gasteiger partial charge < -0.3 is 4.90 Å². The number of amides is 1. The van der Waals surface area contributed by atoms with Crippen LogP contribution in [0.1, 0.15) is 37.0 Å². The molecule has 0 saturated heterocycles. The van der Waals surface area contributed by atoms with E-state index in [-0.39, 0.29) is 11.9 Å². The van der Waals surface area contributed by atoms with Crippen molar-refractivity contribution in [3.8, 4) is 0 Å². The predicted octanol–water partition coefficient (Wildman–Crippen LogP) is 4.92. The number of carbonyl (C=O) groups is 1. The van der Waals surface area contributed by atoms with Crippen LogP contribution in [0.4, 0.5) is 0 Å². The van der Waals surface area contributed by atoms with E-state index in [4.69, 9.17) is 34.8 Å². The lowest BCUT2D eigenvalue weighted by Gasteiger charge is -2.29. The lowest BCUT2D eigenvalue weighted by Crippen LogP contribution is -2.41. The number of carbonyl (C=O) groups excluding carboxylic acids is 1. The summed E-state index contributed by atoms with van der Waals surface area (Å²) in [6, 6.07) is 1.81. The van der Waals surface area contributed by atoms with E-state index in [1.165, 1.54) is 11.3 Å². The Hall–Kier alpha value is 0.0400. The average Bonchev–Trinajstić information content (AvgIpc) is 2.68. The topological polar surface area (TPSA) is 20.3 Å². The molecule has 0 saturated carbocycles. The summed E-state index contributed by atoms with van der Waals surface area (Å²) in [6.45, 7) is 4.65. The molecule has 18 heavy (non-hydrogen) atoms. The normalized spacial score (nSPS) is 11.0. The average molecular weight is 329 g/mol. The van der Waals surface area contributed by atoms with Crippen molar-refractivity contribution in [2.45, 2.75) is 32.7 Å². The van der Waals surface area contributed by atoms with Crippen molar-refractivity contribution in [3.63, 3.8) is 0 Å². The van der Waals surface area contributed by atoms with Gasteiger partial charge in [-0.15, -0.1) is 22.9 Å². The van der Waals surface area contributed by atoms with Gasteiger partial charge in [0, 0.05) is 18.5 Å². The summed E-state index contributed by atoms with van der Waals surface area (Å²) in [5.41, 5.74) is 0.476. The molecule has 0 atom stereocenters. The minimum atomic E-state index is -0.0856. The third-order valence-corrected chi connectivity index (χ3v) is 4.51. The van der Waals surface area contributed by atoms with E-state index in [0.717, 1.165) is 12.8 Å². The molecule has 0 aliphatic rings. The fourth-order valence-electron chi connectivity index (χ4n) is 1.91. The Morgan fingerprint density at radius 3 is 2.39 bits per heavy atom. The van der Waals surface area contributed by atoms with Crippen LogP contribution in [0.15, 0.2) is 6.07 Å². The van der Waals surface area contributed by atoms with Crippen molar-refractivity contribution in [1.82, 2.24) is 4.90 Å². The summed E-state index contributed by atoms with van der Waals surface area (Å²) in [7, 11) is 0. The zero-order valence-electron chi connectivity index (χ0n) is 10.4. The van der Waals surface area contributed by atoms with Gasteiger partial charge in [-0.2, -0.15) is 0 Å². The second-order valence-corrected chi connectivity index (χ2v) is 6.56. The molecule has 0 radical (unpaired) electrons. The standard InChI is InChI=1S/C12H16Cl3NOS/c1-3-8(4-2)16(6-5-13)12(17)9-7-10(14)18-11(9)15/h7-8H,3-6H2,1-2H3. The summed E-state index contributed by atoms with van der Waals surface area (Å²) in [4.78, 5) is 14.2. The van der Waals surface area contributed by atoms with Crippen molar-refractivity contribution < 1.29 is 4.79 Å². The monoisotopic (exact) mass is 327 g/mol. The quantitative estimate of drug-likeness (QED) is 0.678. The minimum absolute atomic E-state index is 0.0856. The SMILES string of the molecule is CCC(CC)N(CCCl)C(=O)c1cc(Cl)sc1Cl. The van der Waals surface area contributed by atoms with Crippen LogP contribution in [0, 0.1) is 0 Å². The molecule has 1 amide bonds.